The van der Waals surface area contributed by atoms with Crippen molar-refractivity contribution < 1.29 is 9.36 Å². The van der Waals surface area contributed by atoms with Crippen molar-refractivity contribution in [3.63, 3.8) is 0 Å². The summed E-state index contributed by atoms with van der Waals surface area (Å²) in [6, 6.07) is 9.97. The highest BCUT2D eigenvalue weighted by molar-refractivity contribution is 5.96. The molecule has 1 heterocycles. The number of aryl methyl sites for hydroxylation is 2. The van der Waals surface area contributed by atoms with Crippen LogP contribution in [0, 0.1) is 13.8 Å². The first-order valence-corrected chi connectivity index (χ1v) is 6.74. The molecule has 0 saturated carbocycles. The maximum Gasteiger partial charge on any atom is 0.227 e. The van der Waals surface area contributed by atoms with Crippen LogP contribution in [0.4, 0.5) is 5.69 Å². The number of nitrogens with zero attached hydrogens (tertiary/aromatic N) is 2. The van der Waals surface area contributed by atoms with Crippen molar-refractivity contribution in [3.8, 4) is 0 Å². The van der Waals surface area contributed by atoms with Crippen LogP contribution in [0.15, 0.2) is 42.7 Å². The molecule has 0 amide bonds. The van der Waals surface area contributed by atoms with E-state index >= 15 is 0 Å². The standard InChI is InChI=1S/C17H21N2O/c1-13-5-6-16(14(2)11-13)17(20)12-19-9-7-15(8-10-19)18(3)4/h5-11H,12H2,1-4H3/q+1. The Morgan fingerprint density at radius 2 is 1.75 bits per heavy atom. The quantitative estimate of drug-likeness (QED) is 0.629. The summed E-state index contributed by atoms with van der Waals surface area (Å²) in [7, 11) is 4.00. The van der Waals surface area contributed by atoms with Gasteiger partial charge in [0.25, 0.3) is 0 Å². The lowest BCUT2D eigenvalue weighted by Crippen LogP contribution is -2.37. The number of anilines is 1. The van der Waals surface area contributed by atoms with Crippen molar-refractivity contribution >= 4 is 11.5 Å². The smallest absolute Gasteiger partial charge is 0.227 e. The topological polar surface area (TPSA) is 24.2 Å². The molecule has 3 nitrogen and oxygen atoms in total. The van der Waals surface area contributed by atoms with Crippen LogP contribution in [0.3, 0.4) is 0 Å². The van der Waals surface area contributed by atoms with Crippen LogP contribution < -0.4 is 9.47 Å². The van der Waals surface area contributed by atoms with Crippen LogP contribution in [0.25, 0.3) is 0 Å². The highest BCUT2D eigenvalue weighted by atomic mass is 16.1. The SMILES string of the molecule is Cc1ccc(C(=O)C[n+]2ccc(N(C)C)cc2)c(C)c1. The Labute approximate surface area is 120 Å². The van der Waals surface area contributed by atoms with Gasteiger partial charge in [0.05, 0.1) is 0 Å². The highest BCUT2D eigenvalue weighted by Crippen LogP contribution is 2.11. The number of hydrogen-bond acceptors (Lipinski definition) is 2. The number of pyridine rings is 1. The summed E-state index contributed by atoms with van der Waals surface area (Å²) in [4.78, 5) is 14.4. The zero-order chi connectivity index (χ0) is 14.7. The van der Waals surface area contributed by atoms with Gasteiger partial charge in [-0.25, -0.2) is 0 Å². The molecule has 0 aliphatic heterocycles. The van der Waals surface area contributed by atoms with Gasteiger partial charge >= 0.3 is 0 Å². The molecule has 0 N–H and O–H groups in total. The molecule has 2 rings (SSSR count). The summed E-state index contributed by atoms with van der Waals surface area (Å²) in [5.41, 5.74) is 4.16. The Morgan fingerprint density at radius 1 is 1.10 bits per heavy atom. The van der Waals surface area contributed by atoms with Gasteiger partial charge in [0.15, 0.2) is 12.4 Å². The molecule has 20 heavy (non-hydrogen) atoms. The fraction of sp³-hybridized carbons (Fsp3) is 0.294. The molecule has 0 radical (unpaired) electrons. The first kappa shape index (κ1) is 14.3. The lowest BCUT2D eigenvalue weighted by Gasteiger charge is -2.10. The Bertz CT molecular complexity index is 615. The Morgan fingerprint density at radius 3 is 2.30 bits per heavy atom. The summed E-state index contributed by atoms with van der Waals surface area (Å²) in [6.07, 6.45) is 3.88. The minimum atomic E-state index is 0.144. The van der Waals surface area contributed by atoms with Gasteiger partial charge < -0.3 is 4.90 Å². The zero-order valence-corrected chi connectivity index (χ0v) is 12.6. The molecule has 0 unspecified atom stereocenters. The van der Waals surface area contributed by atoms with Gasteiger partial charge in [0.2, 0.25) is 12.3 Å². The minimum Gasteiger partial charge on any atom is -0.377 e. The molecule has 0 aliphatic rings. The van der Waals surface area contributed by atoms with Crippen molar-refractivity contribution in [2.45, 2.75) is 20.4 Å². The Balaban J connectivity index is 2.15. The van der Waals surface area contributed by atoms with Crippen molar-refractivity contribution in [1.29, 1.82) is 0 Å². The number of rotatable bonds is 4. The molecular formula is C17H21N2O+. The number of carbonyl (C=O) groups is 1. The van der Waals surface area contributed by atoms with E-state index in [1.807, 2.05) is 80.1 Å². The average molecular weight is 269 g/mol. The second kappa shape index (κ2) is 5.87. The van der Waals surface area contributed by atoms with Crippen LogP contribution >= 0.6 is 0 Å². The van der Waals surface area contributed by atoms with Gasteiger partial charge in [-0.3, -0.25) is 4.79 Å². The van der Waals surface area contributed by atoms with E-state index in [9.17, 15) is 4.79 Å². The fourth-order valence-corrected chi connectivity index (χ4v) is 2.23. The van der Waals surface area contributed by atoms with E-state index in [4.69, 9.17) is 0 Å². The monoisotopic (exact) mass is 269 g/mol. The maximum absolute atomic E-state index is 12.3. The van der Waals surface area contributed by atoms with E-state index in [0.29, 0.717) is 6.54 Å². The molecule has 0 saturated heterocycles. The van der Waals surface area contributed by atoms with Gasteiger partial charge in [-0.1, -0.05) is 23.8 Å². The number of Topliss-reactive ketones (excluding diaryl/α,β-unsaturated/α-hetero) is 1. The molecule has 1 aromatic heterocycles. The van der Waals surface area contributed by atoms with E-state index in [0.717, 1.165) is 16.8 Å². The first-order chi connectivity index (χ1) is 9.47. The molecule has 0 spiro atoms. The fourth-order valence-electron chi connectivity index (χ4n) is 2.23. The molecule has 0 aliphatic carbocycles. The van der Waals surface area contributed by atoms with Crippen LogP contribution in [0.1, 0.15) is 21.5 Å². The second-order valence-electron chi connectivity index (χ2n) is 5.36. The van der Waals surface area contributed by atoms with Crippen molar-refractivity contribution in [2.24, 2.45) is 0 Å². The van der Waals surface area contributed by atoms with Crippen molar-refractivity contribution in [2.75, 3.05) is 19.0 Å². The van der Waals surface area contributed by atoms with Crippen LogP contribution in [-0.4, -0.2) is 19.9 Å². The first-order valence-electron chi connectivity index (χ1n) is 6.74. The van der Waals surface area contributed by atoms with Crippen molar-refractivity contribution in [1.82, 2.24) is 0 Å². The molecule has 0 bridgehead atoms. The van der Waals surface area contributed by atoms with Gasteiger partial charge in [0.1, 0.15) is 0 Å². The zero-order valence-electron chi connectivity index (χ0n) is 12.6. The van der Waals surface area contributed by atoms with Gasteiger partial charge in [-0.05, 0) is 19.4 Å². The van der Waals surface area contributed by atoms with E-state index in [1.54, 1.807) is 0 Å². The molecule has 0 fully saturated rings. The summed E-state index contributed by atoms with van der Waals surface area (Å²) in [5.74, 6) is 0.144. The highest BCUT2D eigenvalue weighted by Gasteiger charge is 2.14. The molecular weight excluding hydrogens is 248 g/mol. The number of aromatic nitrogens is 1. The van der Waals surface area contributed by atoms with Crippen molar-refractivity contribution in [3.05, 3.63) is 59.4 Å². The number of ketones is 1. The summed E-state index contributed by atoms with van der Waals surface area (Å²) < 4.78 is 1.91. The molecule has 104 valence electrons. The number of carbonyl (C=O) groups excluding carboxylic acids is 1. The summed E-state index contributed by atoms with van der Waals surface area (Å²) >= 11 is 0. The Kier molecular flexibility index (Phi) is 4.18. The maximum atomic E-state index is 12.3. The minimum absolute atomic E-state index is 0.144. The largest absolute Gasteiger partial charge is 0.377 e. The van der Waals surface area contributed by atoms with Crippen LogP contribution in [-0.2, 0) is 6.54 Å². The number of benzene rings is 1. The second-order valence-corrected chi connectivity index (χ2v) is 5.36. The third-order valence-electron chi connectivity index (χ3n) is 3.40. The van der Waals surface area contributed by atoms with Gasteiger partial charge in [-0.15, -0.1) is 0 Å². The van der Waals surface area contributed by atoms with Crippen LogP contribution in [0.2, 0.25) is 0 Å². The third-order valence-corrected chi connectivity index (χ3v) is 3.40. The average Bonchev–Trinajstić information content (AvgIpc) is 2.39. The predicted octanol–water partition coefficient (Wildman–Crippen LogP) is 2.54. The van der Waals surface area contributed by atoms with Gasteiger partial charge in [0, 0.05) is 37.5 Å². The van der Waals surface area contributed by atoms with E-state index < -0.39 is 0 Å². The lowest BCUT2D eigenvalue weighted by molar-refractivity contribution is -0.683. The Hall–Kier alpha value is -2.16. The van der Waals surface area contributed by atoms with E-state index in [-0.39, 0.29) is 5.78 Å². The van der Waals surface area contributed by atoms with Gasteiger partial charge in [-0.2, -0.15) is 4.57 Å². The molecule has 0 atom stereocenters. The van der Waals surface area contributed by atoms with Crippen LogP contribution in [0.5, 0.6) is 0 Å². The normalized spacial score (nSPS) is 10.4. The molecule has 2 aromatic rings. The summed E-state index contributed by atoms with van der Waals surface area (Å²) in [6.45, 7) is 4.40. The third kappa shape index (κ3) is 3.23. The predicted molar refractivity (Wildman–Crippen MR) is 81.2 cm³/mol. The summed E-state index contributed by atoms with van der Waals surface area (Å²) in [5, 5.41) is 0. The number of hydrogen-bond donors (Lipinski definition) is 0. The molecule has 3 heteroatoms. The lowest BCUT2D eigenvalue weighted by atomic mass is 10.0. The molecule has 1 aromatic carbocycles. The van der Waals surface area contributed by atoms with E-state index in [2.05, 4.69) is 0 Å². The van der Waals surface area contributed by atoms with E-state index in [1.165, 1.54) is 5.56 Å².